The van der Waals surface area contributed by atoms with E-state index in [0.717, 1.165) is 30.3 Å². The Bertz CT molecular complexity index is 963. The maximum atomic E-state index is 12.4. The highest BCUT2D eigenvalue weighted by atomic mass is 16.2. The Balaban J connectivity index is 1.87. The van der Waals surface area contributed by atoms with Gasteiger partial charge in [0.25, 0.3) is 5.56 Å². The Morgan fingerprint density at radius 3 is 2.52 bits per heavy atom. The minimum atomic E-state index is -0.381. The van der Waals surface area contributed by atoms with Gasteiger partial charge in [-0.25, -0.2) is 9.78 Å². The molecular weight excluding hydrogens is 350 g/mol. The molecule has 0 atom stereocenters. The van der Waals surface area contributed by atoms with Crippen LogP contribution < -0.4 is 22.7 Å². The van der Waals surface area contributed by atoms with Gasteiger partial charge >= 0.3 is 5.69 Å². The Kier molecular flexibility index (Phi) is 6.37. The predicted molar refractivity (Wildman–Crippen MR) is 105 cm³/mol. The summed E-state index contributed by atoms with van der Waals surface area (Å²) >= 11 is 0. The monoisotopic (exact) mass is 377 g/mol. The van der Waals surface area contributed by atoms with E-state index in [2.05, 4.69) is 9.98 Å². The molecule has 0 aliphatic heterocycles. The number of fused-ring (bicyclic) bond motifs is 1. The third-order valence-corrected chi connectivity index (χ3v) is 4.46. The molecule has 0 bridgehead atoms. The molecular formula is C16H27N9O2. The number of hydrogen-bond acceptors (Lipinski definition) is 4. The van der Waals surface area contributed by atoms with E-state index in [1.165, 1.54) is 11.6 Å². The van der Waals surface area contributed by atoms with Gasteiger partial charge in [0.15, 0.2) is 17.1 Å². The van der Waals surface area contributed by atoms with Crippen LogP contribution in [0.15, 0.2) is 20.9 Å². The number of nitrogens with two attached hydrogens (primary N) is 2. The number of unbranched alkanes of at least 4 members (excludes halogenated alkanes) is 3. The zero-order chi connectivity index (χ0) is 20.1. The van der Waals surface area contributed by atoms with Gasteiger partial charge in [0.1, 0.15) is 0 Å². The standard InChI is InChI=1S/C16H27N9O2/c1-22(15(19)21-14(17)18)8-6-4-5-7-9-25-10-20-12-11(25)13(26)24(3)16(27)23(12)2/h10H,4-9H2,1-3H3,(H5,17,18,19,21). The predicted octanol–water partition coefficient (Wildman–Crippen LogP) is -0.866. The van der Waals surface area contributed by atoms with E-state index < -0.39 is 0 Å². The van der Waals surface area contributed by atoms with Crippen molar-refractivity contribution in [3.63, 3.8) is 0 Å². The zero-order valence-electron chi connectivity index (χ0n) is 16.0. The molecule has 0 fully saturated rings. The summed E-state index contributed by atoms with van der Waals surface area (Å²) in [4.78, 5) is 33.9. The van der Waals surface area contributed by atoms with Crippen molar-refractivity contribution in [2.24, 2.45) is 30.6 Å². The maximum absolute atomic E-state index is 12.4. The van der Waals surface area contributed by atoms with Gasteiger partial charge in [0, 0.05) is 34.2 Å². The first-order valence-corrected chi connectivity index (χ1v) is 8.74. The summed E-state index contributed by atoms with van der Waals surface area (Å²) in [6, 6.07) is 0. The van der Waals surface area contributed by atoms with Gasteiger partial charge in [-0.3, -0.25) is 19.3 Å². The molecule has 0 aliphatic carbocycles. The molecule has 0 aromatic carbocycles. The van der Waals surface area contributed by atoms with E-state index in [9.17, 15) is 9.59 Å². The van der Waals surface area contributed by atoms with Crippen LogP contribution in [0.4, 0.5) is 0 Å². The van der Waals surface area contributed by atoms with Crippen molar-refractivity contribution in [1.29, 1.82) is 5.41 Å². The SMILES string of the molecule is CN(CCCCCCn1cnc2c1c(=O)n(C)c(=O)n2C)C(=N)N=C(N)N. The van der Waals surface area contributed by atoms with Crippen LogP contribution in [0.25, 0.3) is 11.2 Å². The lowest BCUT2D eigenvalue weighted by Crippen LogP contribution is -2.37. The molecule has 148 valence electrons. The highest BCUT2D eigenvalue weighted by Crippen LogP contribution is 2.09. The number of aryl methyl sites for hydroxylation is 2. The lowest BCUT2D eigenvalue weighted by Gasteiger charge is -2.16. The number of rotatable bonds is 7. The van der Waals surface area contributed by atoms with Crippen LogP contribution in [0.1, 0.15) is 25.7 Å². The Morgan fingerprint density at radius 2 is 1.85 bits per heavy atom. The zero-order valence-corrected chi connectivity index (χ0v) is 16.0. The first-order valence-electron chi connectivity index (χ1n) is 8.74. The molecule has 0 saturated carbocycles. The Labute approximate surface area is 156 Å². The van der Waals surface area contributed by atoms with Crippen LogP contribution in [0, 0.1) is 5.41 Å². The first kappa shape index (κ1) is 20.2. The lowest BCUT2D eigenvalue weighted by atomic mass is 10.2. The molecule has 2 aromatic rings. The topological polar surface area (TPSA) is 153 Å². The molecule has 27 heavy (non-hydrogen) atoms. The summed E-state index contributed by atoms with van der Waals surface area (Å²) in [5.74, 6) is -0.0793. The highest BCUT2D eigenvalue weighted by Gasteiger charge is 2.13. The normalized spacial score (nSPS) is 10.9. The second-order valence-corrected chi connectivity index (χ2v) is 6.51. The van der Waals surface area contributed by atoms with Crippen LogP contribution in [0.2, 0.25) is 0 Å². The van der Waals surface area contributed by atoms with E-state index in [0.29, 0.717) is 24.3 Å². The van der Waals surface area contributed by atoms with Gasteiger partial charge in [-0.05, 0) is 12.8 Å². The van der Waals surface area contributed by atoms with E-state index in [1.807, 2.05) is 0 Å². The second kappa shape index (κ2) is 8.52. The average molecular weight is 377 g/mol. The third-order valence-electron chi connectivity index (χ3n) is 4.46. The second-order valence-electron chi connectivity index (χ2n) is 6.51. The van der Waals surface area contributed by atoms with Crippen LogP contribution in [-0.2, 0) is 20.6 Å². The van der Waals surface area contributed by atoms with E-state index in [1.54, 1.807) is 29.9 Å². The van der Waals surface area contributed by atoms with Gasteiger partial charge in [0.2, 0.25) is 5.96 Å². The molecule has 2 rings (SSSR count). The number of guanidine groups is 2. The molecule has 2 heterocycles. The minimum Gasteiger partial charge on any atom is -0.370 e. The van der Waals surface area contributed by atoms with Crippen LogP contribution >= 0.6 is 0 Å². The number of aliphatic imine (C=N–C) groups is 1. The van der Waals surface area contributed by atoms with Gasteiger partial charge in [0.05, 0.1) is 6.33 Å². The maximum Gasteiger partial charge on any atom is 0.332 e. The fraction of sp³-hybridized carbons (Fsp3) is 0.562. The smallest absolute Gasteiger partial charge is 0.332 e. The summed E-state index contributed by atoms with van der Waals surface area (Å²) in [5.41, 5.74) is 10.7. The fourth-order valence-corrected chi connectivity index (χ4v) is 2.86. The molecule has 0 unspecified atom stereocenters. The van der Waals surface area contributed by atoms with Gasteiger partial charge in [-0.15, -0.1) is 0 Å². The number of aromatic nitrogens is 4. The van der Waals surface area contributed by atoms with Crippen molar-refractivity contribution in [3.8, 4) is 0 Å². The van der Waals surface area contributed by atoms with E-state index >= 15 is 0 Å². The molecule has 0 saturated heterocycles. The van der Waals surface area contributed by atoms with Crippen molar-refractivity contribution in [3.05, 3.63) is 27.2 Å². The molecule has 0 radical (unpaired) electrons. The first-order chi connectivity index (χ1) is 12.7. The minimum absolute atomic E-state index is 0.0429. The summed E-state index contributed by atoms with van der Waals surface area (Å²) in [7, 11) is 4.85. The van der Waals surface area contributed by atoms with Crippen LogP contribution in [0.3, 0.4) is 0 Å². The molecule has 0 amide bonds. The van der Waals surface area contributed by atoms with Gasteiger partial charge < -0.3 is 20.9 Å². The Morgan fingerprint density at radius 1 is 1.19 bits per heavy atom. The quantitative estimate of drug-likeness (QED) is 0.324. The summed E-state index contributed by atoms with van der Waals surface area (Å²) in [6.07, 6.45) is 5.33. The van der Waals surface area contributed by atoms with E-state index in [4.69, 9.17) is 16.9 Å². The van der Waals surface area contributed by atoms with Crippen molar-refractivity contribution in [2.45, 2.75) is 32.2 Å². The molecule has 2 aromatic heterocycles. The average Bonchev–Trinajstić information content (AvgIpc) is 3.04. The number of imidazole rings is 1. The van der Waals surface area contributed by atoms with E-state index in [-0.39, 0.29) is 23.2 Å². The van der Waals surface area contributed by atoms with Crippen molar-refractivity contribution in [2.75, 3.05) is 13.6 Å². The molecule has 0 spiro atoms. The molecule has 0 aliphatic rings. The lowest BCUT2D eigenvalue weighted by molar-refractivity contribution is 0.458. The van der Waals surface area contributed by atoms with Crippen molar-refractivity contribution >= 4 is 23.1 Å². The van der Waals surface area contributed by atoms with Crippen LogP contribution in [0.5, 0.6) is 0 Å². The van der Waals surface area contributed by atoms with Crippen LogP contribution in [-0.4, -0.2) is 49.1 Å². The molecule has 5 N–H and O–H groups in total. The summed E-state index contributed by atoms with van der Waals surface area (Å²) < 4.78 is 4.29. The van der Waals surface area contributed by atoms with Crippen molar-refractivity contribution in [1.82, 2.24) is 23.6 Å². The largest absolute Gasteiger partial charge is 0.370 e. The highest BCUT2D eigenvalue weighted by molar-refractivity contribution is 5.91. The third kappa shape index (κ3) is 4.54. The number of hydrogen-bond donors (Lipinski definition) is 3. The summed E-state index contributed by atoms with van der Waals surface area (Å²) in [6.45, 7) is 1.34. The fourth-order valence-electron chi connectivity index (χ4n) is 2.86. The van der Waals surface area contributed by atoms with Crippen molar-refractivity contribution < 1.29 is 0 Å². The number of nitrogens with zero attached hydrogens (tertiary/aromatic N) is 6. The number of nitrogens with one attached hydrogen (secondary N) is 1. The summed E-state index contributed by atoms with van der Waals surface area (Å²) in [5, 5.41) is 7.69. The molecule has 11 heteroatoms. The van der Waals surface area contributed by atoms with Gasteiger partial charge in [-0.1, -0.05) is 12.8 Å². The molecule has 11 nitrogen and oxygen atoms in total. The van der Waals surface area contributed by atoms with Gasteiger partial charge in [-0.2, -0.15) is 4.99 Å². The Hall–Kier alpha value is -3.11.